The molecule has 0 amide bonds. The Labute approximate surface area is 186 Å². The molecule has 1 aromatic heterocycles. The molecule has 0 spiro atoms. The minimum atomic E-state index is 0. The molecular weight excluding hydrogens is 465 g/mol. The van der Waals surface area contributed by atoms with Crippen molar-refractivity contribution in [1.29, 1.82) is 0 Å². The second-order valence-corrected chi connectivity index (χ2v) is 6.88. The lowest BCUT2D eigenvalue weighted by Crippen LogP contribution is -2.38. The van der Waals surface area contributed by atoms with Crippen molar-refractivity contribution in [2.75, 3.05) is 32.8 Å². The van der Waals surface area contributed by atoms with Crippen molar-refractivity contribution in [3.05, 3.63) is 48.3 Å². The number of aliphatic imine (C=N–C) groups is 1. The molecule has 0 aliphatic carbocycles. The van der Waals surface area contributed by atoms with Gasteiger partial charge in [-0.2, -0.15) is 5.10 Å². The molecule has 0 radical (unpaired) electrons. The van der Waals surface area contributed by atoms with Gasteiger partial charge in [0.15, 0.2) is 5.96 Å². The van der Waals surface area contributed by atoms with Gasteiger partial charge in [0.2, 0.25) is 0 Å². The summed E-state index contributed by atoms with van der Waals surface area (Å²) in [6.07, 6.45) is 5.62. The quantitative estimate of drug-likeness (QED) is 0.215. The molecule has 2 N–H and O–H groups in total. The Morgan fingerprint density at radius 2 is 2.00 bits per heavy atom. The van der Waals surface area contributed by atoms with Crippen LogP contribution in [0.3, 0.4) is 0 Å². The van der Waals surface area contributed by atoms with E-state index in [0.29, 0.717) is 5.92 Å². The number of hydrogen-bond donors (Lipinski definition) is 2. The summed E-state index contributed by atoms with van der Waals surface area (Å²) < 4.78 is 7.46. The van der Waals surface area contributed by atoms with Crippen molar-refractivity contribution in [2.24, 2.45) is 10.9 Å². The Hall–Kier alpha value is -1.61. The molecule has 1 aromatic carbocycles. The summed E-state index contributed by atoms with van der Waals surface area (Å²) in [4.78, 5) is 4.61. The Kier molecular flexibility index (Phi) is 12.6. The van der Waals surface area contributed by atoms with E-state index >= 15 is 0 Å². The zero-order chi connectivity index (χ0) is 19.3. The first-order valence-electron chi connectivity index (χ1n) is 9.88. The fourth-order valence-corrected chi connectivity index (χ4v) is 2.58. The monoisotopic (exact) mass is 499 g/mol. The van der Waals surface area contributed by atoms with Crippen LogP contribution in [0.1, 0.15) is 32.8 Å². The first-order chi connectivity index (χ1) is 13.2. The average molecular weight is 499 g/mol. The van der Waals surface area contributed by atoms with Crippen LogP contribution in [-0.2, 0) is 11.2 Å². The van der Waals surface area contributed by atoms with E-state index in [-0.39, 0.29) is 24.0 Å². The van der Waals surface area contributed by atoms with Crippen molar-refractivity contribution >= 4 is 29.9 Å². The van der Waals surface area contributed by atoms with Gasteiger partial charge in [-0.1, -0.05) is 26.0 Å². The summed E-state index contributed by atoms with van der Waals surface area (Å²) in [6, 6.07) is 10.4. The van der Waals surface area contributed by atoms with Crippen molar-refractivity contribution in [3.63, 3.8) is 0 Å². The van der Waals surface area contributed by atoms with Gasteiger partial charge in [0.25, 0.3) is 0 Å². The number of halogens is 1. The second-order valence-electron chi connectivity index (χ2n) is 6.88. The van der Waals surface area contributed by atoms with E-state index in [2.05, 4.69) is 65.8 Å². The number of guanidine groups is 1. The van der Waals surface area contributed by atoms with Crippen LogP contribution in [0.2, 0.25) is 0 Å². The second kappa shape index (κ2) is 14.4. The van der Waals surface area contributed by atoms with Gasteiger partial charge in [0.1, 0.15) is 0 Å². The minimum Gasteiger partial charge on any atom is -0.381 e. The summed E-state index contributed by atoms with van der Waals surface area (Å²) in [6.45, 7) is 10.5. The third-order valence-corrected chi connectivity index (χ3v) is 3.92. The zero-order valence-corrected chi connectivity index (χ0v) is 19.6. The fraction of sp³-hybridized carbons (Fsp3) is 0.524. The topological polar surface area (TPSA) is 63.5 Å². The maximum atomic E-state index is 5.60. The summed E-state index contributed by atoms with van der Waals surface area (Å²) in [7, 11) is 0. The smallest absolute Gasteiger partial charge is 0.191 e. The number of nitrogens with zero attached hydrogens (tertiary/aromatic N) is 3. The number of ether oxygens (including phenoxy) is 1. The van der Waals surface area contributed by atoms with Crippen LogP contribution in [0.25, 0.3) is 5.69 Å². The van der Waals surface area contributed by atoms with Crippen LogP contribution in [0.15, 0.2) is 47.7 Å². The molecular formula is C21H34IN5O. The lowest BCUT2D eigenvalue weighted by atomic mass is 10.1. The predicted octanol–water partition coefficient (Wildman–Crippen LogP) is 3.65. The molecule has 0 aliphatic heterocycles. The molecule has 156 valence electrons. The number of benzene rings is 1. The van der Waals surface area contributed by atoms with E-state index in [4.69, 9.17) is 4.74 Å². The van der Waals surface area contributed by atoms with E-state index in [1.165, 1.54) is 5.56 Å². The zero-order valence-electron chi connectivity index (χ0n) is 17.2. The maximum Gasteiger partial charge on any atom is 0.191 e. The van der Waals surface area contributed by atoms with Crippen molar-refractivity contribution in [3.8, 4) is 5.69 Å². The van der Waals surface area contributed by atoms with Crippen LogP contribution < -0.4 is 10.6 Å². The molecule has 0 saturated carbocycles. The summed E-state index contributed by atoms with van der Waals surface area (Å²) >= 11 is 0. The van der Waals surface area contributed by atoms with E-state index < -0.39 is 0 Å². The third kappa shape index (κ3) is 9.54. The molecule has 2 rings (SSSR count). The molecule has 0 atom stereocenters. The normalized spacial score (nSPS) is 11.4. The lowest BCUT2D eigenvalue weighted by Gasteiger charge is -2.12. The first-order valence-corrected chi connectivity index (χ1v) is 9.88. The van der Waals surface area contributed by atoms with E-state index in [0.717, 1.165) is 57.3 Å². The van der Waals surface area contributed by atoms with Gasteiger partial charge in [-0.25, -0.2) is 4.68 Å². The molecule has 0 saturated heterocycles. The largest absolute Gasteiger partial charge is 0.381 e. The SMILES string of the molecule is CCNC(=NCCCOCC(C)C)NCCc1ccc(-n2cccn2)cc1.I. The van der Waals surface area contributed by atoms with Gasteiger partial charge in [-0.15, -0.1) is 24.0 Å². The summed E-state index contributed by atoms with van der Waals surface area (Å²) in [5.41, 5.74) is 2.36. The Bertz CT molecular complexity index is 656. The van der Waals surface area contributed by atoms with Crippen molar-refractivity contribution < 1.29 is 4.74 Å². The van der Waals surface area contributed by atoms with Gasteiger partial charge >= 0.3 is 0 Å². The minimum absolute atomic E-state index is 0. The van der Waals surface area contributed by atoms with Gasteiger partial charge in [0, 0.05) is 45.2 Å². The van der Waals surface area contributed by atoms with Crippen LogP contribution in [0, 0.1) is 5.92 Å². The number of rotatable bonds is 11. The number of nitrogens with one attached hydrogen (secondary N) is 2. The molecule has 0 fully saturated rings. The molecule has 0 aliphatic rings. The van der Waals surface area contributed by atoms with Crippen LogP contribution in [0.5, 0.6) is 0 Å². The van der Waals surface area contributed by atoms with E-state index in [1.807, 2.05) is 16.9 Å². The highest BCUT2D eigenvalue weighted by Crippen LogP contribution is 2.08. The molecule has 6 nitrogen and oxygen atoms in total. The highest BCUT2D eigenvalue weighted by molar-refractivity contribution is 14.0. The first kappa shape index (κ1) is 24.4. The summed E-state index contributed by atoms with van der Waals surface area (Å²) in [5, 5.41) is 10.9. The lowest BCUT2D eigenvalue weighted by molar-refractivity contribution is 0.109. The van der Waals surface area contributed by atoms with E-state index in [1.54, 1.807) is 6.20 Å². The predicted molar refractivity (Wildman–Crippen MR) is 127 cm³/mol. The molecule has 2 aromatic rings. The van der Waals surface area contributed by atoms with Crippen LogP contribution in [-0.4, -0.2) is 48.6 Å². The van der Waals surface area contributed by atoms with Gasteiger partial charge in [-0.05, 0) is 49.4 Å². The molecule has 7 heteroatoms. The van der Waals surface area contributed by atoms with Crippen molar-refractivity contribution in [2.45, 2.75) is 33.6 Å². The highest BCUT2D eigenvalue weighted by atomic mass is 127. The maximum absolute atomic E-state index is 5.60. The molecule has 28 heavy (non-hydrogen) atoms. The molecule has 1 heterocycles. The number of hydrogen-bond acceptors (Lipinski definition) is 3. The third-order valence-electron chi connectivity index (χ3n) is 3.92. The van der Waals surface area contributed by atoms with Crippen LogP contribution in [0.4, 0.5) is 0 Å². The van der Waals surface area contributed by atoms with Crippen molar-refractivity contribution in [1.82, 2.24) is 20.4 Å². The fourth-order valence-electron chi connectivity index (χ4n) is 2.58. The highest BCUT2D eigenvalue weighted by Gasteiger charge is 2.00. The Morgan fingerprint density at radius 3 is 2.64 bits per heavy atom. The Balaban J connectivity index is 0.00000392. The van der Waals surface area contributed by atoms with E-state index in [9.17, 15) is 0 Å². The average Bonchev–Trinajstić information content (AvgIpc) is 3.19. The van der Waals surface area contributed by atoms with Gasteiger partial charge < -0.3 is 15.4 Å². The Morgan fingerprint density at radius 1 is 1.21 bits per heavy atom. The summed E-state index contributed by atoms with van der Waals surface area (Å²) in [5.74, 6) is 1.45. The molecule has 0 bridgehead atoms. The standard InChI is InChI=1S/C21H33N5O.HI/c1-4-22-21(23-12-6-16-27-17-18(2)3)24-14-11-19-7-9-20(10-8-19)26-15-5-13-25-26;/h5,7-10,13,15,18H,4,6,11-12,14,16-17H2,1-3H3,(H2,22,23,24);1H. The number of aromatic nitrogens is 2. The van der Waals surface area contributed by atoms with Crippen LogP contribution >= 0.6 is 24.0 Å². The van der Waals surface area contributed by atoms with Gasteiger partial charge in [0.05, 0.1) is 5.69 Å². The van der Waals surface area contributed by atoms with Gasteiger partial charge in [-0.3, -0.25) is 4.99 Å². The molecule has 0 unspecified atom stereocenters.